The van der Waals surface area contributed by atoms with Crippen molar-refractivity contribution < 1.29 is 22.4 Å². The minimum atomic E-state index is -4.00. The largest absolute Gasteiger partial charge is 0.453 e. The number of amides is 1. The predicted octanol–water partition coefficient (Wildman–Crippen LogP) is 3.98. The van der Waals surface area contributed by atoms with Gasteiger partial charge in [0, 0.05) is 18.9 Å². The molecule has 3 aromatic rings. The Labute approximate surface area is 169 Å². The van der Waals surface area contributed by atoms with Crippen LogP contribution in [0.2, 0.25) is 0 Å². The van der Waals surface area contributed by atoms with Crippen LogP contribution in [0.1, 0.15) is 35.9 Å². The number of ketones is 1. The van der Waals surface area contributed by atoms with Gasteiger partial charge < -0.3 is 4.42 Å². The molecular weight excluding hydrogens is 390 g/mol. The number of benzene rings is 2. The Bertz CT molecular complexity index is 1120. The number of aryl methyl sites for hydroxylation is 1. The lowest BCUT2D eigenvalue weighted by Crippen LogP contribution is -2.30. The molecule has 1 heterocycles. The molecule has 0 radical (unpaired) electrons. The molecule has 3 rings (SSSR count). The molecule has 29 heavy (non-hydrogen) atoms. The zero-order valence-corrected chi connectivity index (χ0v) is 16.7. The van der Waals surface area contributed by atoms with Crippen LogP contribution in [0, 0.1) is 0 Å². The SMILES string of the molecule is CC(=O)c1ccc(-c2cccc(S(=O)(=O)NC(=O)CCCc3ccccc3)c2)o1. The summed E-state index contributed by atoms with van der Waals surface area (Å²) < 4.78 is 32.7. The van der Waals surface area contributed by atoms with E-state index in [1.54, 1.807) is 18.2 Å². The molecule has 1 amide bonds. The number of sulfonamides is 1. The van der Waals surface area contributed by atoms with Gasteiger partial charge in [0.2, 0.25) is 5.91 Å². The van der Waals surface area contributed by atoms with Crippen LogP contribution < -0.4 is 4.72 Å². The number of carbonyl (C=O) groups excluding carboxylic acids is 2. The molecule has 0 aliphatic carbocycles. The number of hydrogen-bond acceptors (Lipinski definition) is 5. The summed E-state index contributed by atoms with van der Waals surface area (Å²) in [5.74, 6) is -0.201. The molecule has 0 fully saturated rings. The first-order valence-corrected chi connectivity index (χ1v) is 10.6. The number of nitrogens with one attached hydrogen (secondary N) is 1. The van der Waals surface area contributed by atoms with Crippen LogP contribution in [-0.4, -0.2) is 20.1 Å². The number of Topliss-reactive ketones (excluding diaryl/α,β-unsaturated/α-hetero) is 1. The summed E-state index contributed by atoms with van der Waals surface area (Å²) in [5, 5.41) is 0. The van der Waals surface area contributed by atoms with E-state index in [1.807, 2.05) is 30.3 Å². The topological polar surface area (TPSA) is 93.5 Å². The number of furan rings is 1. The third-order valence-electron chi connectivity index (χ3n) is 4.34. The van der Waals surface area contributed by atoms with E-state index in [0.717, 1.165) is 5.56 Å². The summed E-state index contributed by atoms with van der Waals surface area (Å²) in [7, 11) is -4.00. The Morgan fingerprint density at radius 1 is 0.966 bits per heavy atom. The van der Waals surface area contributed by atoms with Gasteiger partial charge in [-0.05, 0) is 42.7 Å². The van der Waals surface area contributed by atoms with Crippen molar-refractivity contribution in [2.75, 3.05) is 0 Å². The highest BCUT2D eigenvalue weighted by molar-refractivity contribution is 7.90. The second kappa shape index (κ2) is 8.87. The van der Waals surface area contributed by atoms with Crippen LogP contribution >= 0.6 is 0 Å². The maximum Gasteiger partial charge on any atom is 0.264 e. The summed E-state index contributed by atoms with van der Waals surface area (Å²) >= 11 is 0. The third-order valence-corrected chi connectivity index (χ3v) is 5.71. The monoisotopic (exact) mass is 411 g/mol. The Morgan fingerprint density at radius 2 is 1.72 bits per heavy atom. The molecular formula is C22H21NO5S. The molecule has 0 aliphatic rings. The van der Waals surface area contributed by atoms with Gasteiger partial charge in [-0.3, -0.25) is 9.59 Å². The normalized spacial score (nSPS) is 11.2. The fraction of sp³-hybridized carbons (Fsp3) is 0.182. The maximum absolute atomic E-state index is 12.6. The van der Waals surface area contributed by atoms with Gasteiger partial charge >= 0.3 is 0 Å². The van der Waals surface area contributed by atoms with Gasteiger partial charge in [0.1, 0.15) is 5.76 Å². The van der Waals surface area contributed by atoms with Gasteiger partial charge in [-0.1, -0.05) is 42.5 Å². The average Bonchev–Trinajstić information content (AvgIpc) is 3.19. The Morgan fingerprint density at radius 3 is 2.41 bits per heavy atom. The van der Waals surface area contributed by atoms with E-state index in [1.165, 1.54) is 25.1 Å². The molecule has 0 saturated heterocycles. The van der Waals surface area contributed by atoms with Crippen molar-refractivity contribution in [1.82, 2.24) is 4.72 Å². The highest BCUT2D eigenvalue weighted by Crippen LogP contribution is 2.25. The standard InChI is InChI=1S/C22H21NO5S/c1-16(24)20-13-14-21(28-20)18-10-6-11-19(15-18)29(26,27)23-22(25)12-5-9-17-7-3-2-4-8-17/h2-4,6-8,10-11,13-15H,5,9,12H2,1H3,(H,23,25). The third kappa shape index (κ3) is 5.42. The summed E-state index contributed by atoms with van der Waals surface area (Å²) in [6.07, 6.45) is 1.35. The smallest absolute Gasteiger partial charge is 0.264 e. The molecule has 0 atom stereocenters. The van der Waals surface area contributed by atoms with Gasteiger partial charge in [-0.25, -0.2) is 13.1 Å². The molecule has 0 unspecified atom stereocenters. The van der Waals surface area contributed by atoms with Crippen molar-refractivity contribution >= 4 is 21.7 Å². The molecule has 0 bridgehead atoms. The molecule has 1 aromatic heterocycles. The molecule has 150 valence electrons. The molecule has 6 nitrogen and oxygen atoms in total. The van der Waals surface area contributed by atoms with Crippen LogP contribution in [0.4, 0.5) is 0 Å². The van der Waals surface area contributed by atoms with E-state index in [-0.39, 0.29) is 22.9 Å². The lowest BCUT2D eigenvalue weighted by molar-refractivity contribution is -0.119. The van der Waals surface area contributed by atoms with Gasteiger partial charge in [0.15, 0.2) is 11.5 Å². The minimum Gasteiger partial charge on any atom is -0.453 e. The Hall–Kier alpha value is -3.19. The van der Waals surface area contributed by atoms with Gasteiger partial charge in [-0.15, -0.1) is 0 Å². The predicted molar refractivity (Wildman–Crippen MR) is 109 cm³/mol. The van der Waals surface area contributed by atoms with Crippen molar-refractivity contribution in [2.45, 2.75) is 31.1 Å². The fourth-order valence-corrected chi connectivity index (χ4v) is 3.92. The van der Waals surface area contributed by atoms with Crippen LogP contribution in [0.15, 0.2) is 76.0 Å². The second-order valence-electron chi connectivity index (χ2n) is 6.62. The van der Waals surface area contributed by atoms with Crippen molar-refractivity contribution in [3.63, 3.8) is 0 Å². The van der Waals surface area contributed by atoms with Crippen molar-refractivity contribution in [2.24, 2.45) is 0 Å². The second-order valence-corrected chi connectivity index (χ2v) is 8.30. The Balaban J connectivity index is 1.65. The van der Waals surface area contributed by atoms with Crippen LogP contribution in [-0.2, 0) is 21.2 Å². The van der Waals surface area contributed by atoms with E-state index >= 15 is 0 Å². The first kappa shape index (κ1) is 20.5. The highest BCUT2D eigenvalue weighted by Gasteiger charge is 2.19. The van der Waals surface area contributed by atoms with Crippen LogP contribution in [0.25, 0.3) is 11.3 Å². The number of hydrogen-bond donors (Lipinski definition) is 1. The average molecular weight is 411 g/mol. The van der Waals surface area contributed by atoms with Crippen molar-refractivity contribution in [1.29, 1.82) is 0 Å². The highest BCUT2D eigenvalue weighted by atomic mass is 32.2. The van der Waals surface area contributed by atoms with E-state index in [2.05, 4.69) is 4.72 Å². The molecule has 0 saturated carbocycles. The number of rotatable bonds is 8. The van der Waals surface area contributed by atoms with Crippen LogP contribution in [0.3, 0.4) is 0 Å². The molecule has 7 heteroatoms. The summed E-state index contributed by atoms with van der Waals surface area (Å²) in [6, 6.07) is 18.9. The van der Waals surface area contributed by atoms with E-state index in [9.17, 15) is 18.0 Å². The minimum absolute atomic E-state index is 0.0489. The fourth-order valence-electron chi connectivity index (χ4n) is 2.86. The Kier molecular flexibility index (Phi) is 6.29. The first-order valence-electron chi connectivity index (χ1n) is 9.16. The van der Waals surface area contributed by atoms with E-state index in [0.29, 0.717) is 24.2 Å². The zero-order chi connectivity index (χ0) is 20.9. The van der Waals surface area contributed by atoms with Gasteiger partial charge in [0.05, 0.1) is 4.90 Å². The maximum atomic E-state index is 12.6. The van der Waals surface area contributed by atoms with Gasteiger partial charge in [-0.2, -0.15) is 0 Å². The summed E-state index contributed by atoms with van der Waals surface area (Å²) in [6.45, 7) is 1.39. The summed E-state index contributed by atoms with van der Waals surface area (Å²) in [5.41, 5.74) is 1.59. The quantitative estimate of drug-likeness (QED) is 0.566. The van der Waals surface area contributed by atoms with E-state index < -0.39 is 15.9 Å². The molecule has 2 aromatic carbocycles. The lowest BCUT2D eigenvalue weighted by Gasteiger charge is -2.08. The van der Waals surface area contributed by atoms with Crippen molar-refractivity contribution in [3.8, 4) is 11.3 Å². The molecule has 1 N–H and O–H groups in total. The lowest BCUT2D eigenvalue weighted by atomic mass is 10.1. The van der Waals surface area contributed by atoms with Gasteiger partial charge in [0.25, 0.3) is 10.0 Å². The zero-order valence-electron chi connectivity index (χ0n) is 15.9. The number of carbonyl (C=O) groups is 2. The van der Waals surface area contributed by atoms with E-state index in [4.69, 9.17) is 4.42 Å². The van der Waals surface area contributed by atoms with Crippen molar-refractivity contribution in [3.05, 3.63) is 78.1 Å². The molecule has 0 aliphatic heterocycles. The summed E-state index contributed by atoms with van der Waals surface area (Å²) in [4.78, 5) is 23.4. The first-order chi connectivity index (χ1) is 13.8. The van der Waals surface area contributed by atoms with Crippen LogP contribution in [0.5, 0.6) is 0 Å². The molecule has 0 spiro atoms.